The number of phenolic OH excluding ortho intramolecular Hbond substituents is 1. The molecule has 0 atom stereocenters. The first kappa shape index (κ1) is 4.99. The minimum absolute atomic E-state index is 0.0452. The van der Waals surface area contributed by atoms with E-state index in [9.17, 15) is 5.11 Å². The van der Waals surface area contributed by atoms with Crippen LogP contribution in [0, 0.1) is 0 Å². The first-order valence-corrected chi connectivity index (χ1v) is 4.69. The standard InChI is InChI=1S/C12H9BrO/c13-11-6-10(7-12(14)8-11)9-4-2-1-3-5-9/h1-8,14H/i1D,2D,3D,4D,5D. The highest BCUT2D eigenvalue weighted by Gasteiger charge is 1.99. The average molecular weight is 254 g/mol. The summed E-state index contributed by atoms with van der Waals surface area (Å²) in [5, 5.41) is 9.55. The summed E-state index contributed by atoms with van der Waals surface area (Å²) in [6.07, 6.45) is 0. The van der Waals surface area contributed by atoms with Crippen molar-refractivity contribution in [3.05, 3.63) is 52.9 Å². The monoisotopic (exact) mass is 253 g/mol. The molecule has 1 nitrogen and oxygen atoms in total. The van der Waals surface area contributed by atoms with E-state index < -0.39 is 18.1 Å². The van der Waals surface area contributed by atoms with Crippen molar-refractivity contribution in [2.45, 2.75) is 0 Å². The molecule has 0 spiro atoms. The van der Waals surface area contributed by atoms with Crippen molar-refractivity contribution in [2.24, 2.45) is 0 Å². The van der Waals surface area contributed by atoms with Gasteiger partial charge in [-0.1, -0.05) is 46.1 Å². The van der Waals surface area contributed by atoms with Crippen molar-refractivity contribution < 1.29 is 12.0 Å². The highest BCUT2D eigenvalue weighted by Crippen LogP contribution is 2.27. The van der Waals surface area contributed by atoms with Crippen LogP contribution in [0.5, 0.6) is 5.75 Å². The van der Waals surface area contributed by atoms with Crippen LogP contribution < -0.4 is 0 Å². The highest BCUT2D eigenvalue weighted by atomic mass is 79.9. The third kappa shape index (κ3) is 1.96. The summed E-state index contributed by atoms with van der Waals surface area (Å²) in [5.74, 6) is -0.0452. The van der Waals surface area contributed by atoms with Crippen molar-refractivity contribution in [2.75, 3.05) is 0 Å². The summed E-state index contributed by atoms with van der Waals surface area (Å²) in [5.41, 5.74) is 0.437. The van der Waals surface area contributed by atoms with E-state index in [-0.39, 0.29) is 23.4 Å². The normalized spacial score (nSPS) is 15.1. The molecule has 0 aromatic heterocycles. The molecule has 2 rings (SSSR count). The lowest BCUT2D eigenvalue weighted by atomic mass is 10.1. The van der Waals surface area contributed by atoms with Crippen LogP contribution in [-0.4, -0.2) is 5.11 Å². The molecule has 14 heavy (non-hydrogen) atoms. The van der Waals surface area contributed by atoms with Crippen LogP contribution in [0.15, 0.2) is 52.9 Å². The van der Waals surface area contributed by atoms with Crippen LogP contribution in [0.1, 0.15) is 6.85 Å². The minimum Gasteiger partial charge on any atom is -0.508 e. The van der Waals surface area contributed by atoms with E-state index in [2.05, 4.69) is 15.9 Å². The fourth-order valence-electron chi connectivity index (χ4n) is 1.11. The van der Waals surface area contributed by atoms with Gasteiger partial charge in [0.1, 0.15) is 5.75 Å². The fraction of sp³-hybridized carbons (Fsp3) is 0. The van der Waals surface area contributed by atoms with Crippen LogP contribution in [0.2, 0.25) is 0 Å². The molecule has 2 aromatic carbocycles. The van der Waals surface area contributed by atoms with Gasteiger partial charge < -0.3 is 5.11 Å². The first-order valence-electron chi connectivity index (χ1n) is 6.39. The van der Waals surface area contributed by atoms with E-state index in [1.807, 2.05) is 0 Å². The lowest BCUT2D eigenvalue weighted by Gasteiger charge is -2.02. The maximum Gasteiger partial charge on any atom is 0.117 e. The second-order valence-corrected chi connectivity index (χ2v) is 3.61. The van der Waals surface area contributed by atoms with Crippen LogP contribution >= 0.6 is 15.9 Å². The Bertz CT molecular complexity index is 622. The number of phenols is 1. The van der Waals surface area contributed by atoms with E-state index in [1.165, 1.54) is 12.1 Å². The van der Waals surface area contributed by atoms with E-state index in [0.717, 1.165) is 0 Å². The van der Waals surface area contributed by atoms with Gasteiger partial charge in [0.15, 0.2) is 0 Å². The number of halogens is 1. The van der Waals surface area contributed by atoms with Gasteiger partial charge in [-0.25, -0.2) is 0 Å². The van der Waals surface area contributed by atoms with Crippen LogP contribution in [0.3, 0.4) is 0 Å². The summed E-state index contributed by atoms with van der Waals surface area (Å²) in [7, 11) is 0. The molecule has 0 aliphatic heterocycles. The molecule has 0 amide bonds. The summed E-state index contributed by atoms with van der Waals surface area (Å²) in [6.45, 7) is 0. The van der Waals surface area contributed by atoms with E-state index in [1.54, 1.807) is 6.07 Å². The average Bonchev–Trinajstić information content (AvgIpc) is 2.33. The molecule has 70 valence electrons. The number of rotatable bonds is 1. The zero-order valence-corrected chi connectivity index (χ0v) is 8.64. The van der Waals surface area contributed by atoms with Gasteiger partial charge in [-0.3, -0.25) is 0 Å². The molecular weight excluding hydrogens is 240 g/mol. The Labute approximate surface area is 98.2 Å². The Balaban J connectivity index is 2.82. The quantitative estimate of drug-likeness (QED) is 0.820. The Morgan fingerprint density at radius 3 is 2.36 bits per heavy atom. The predicted octanol–water partition coefficient (Wildman–Crippen LogP) is 3.82. The summed E-state index contributed by atoms with van der Waals surface area (Å²) >= 11 is 3.20. The van der Waals surface area contributed by atoms with Crippen molar-refractivity contribution in [3.8, 4) is 16.9 Å². The molecule has 0 fully saturated rings. The molecule has 0 unspecified atom stereocenters. The molecule has 0 saturated carbocycles. The molecule has 2 heteroatoms. The number of benzene rings is 2. The van der Waals surface area contributed by atoms with Crippen LogP contribution in [0.4, 0.5) is 0 Å². The number of hydrogen-bond donors (Lipinski definition) is 1. The van der Waals surface area contributed by atoms with Crippen molar-refractivity contribution in [3.63, 3.8) is 0 Å². The van der Waals surface area contributed by atoms with Gasteiger partial charge in [-0.05, 0) is 29.3 Å². The number of aromatic hydroxyl groups is 1. The minimum atomic E-state index is -0.432. The molecule has 0 bridgehead atoms. The number of hydrogen-bond acceptors (Lipinski definition) is 1. The van der Waals surface area contributed by atoms with Crippen LogP contribution in [-0.2, 0) is 0 Å². The third-order valence-corrected chi connectivity index (χ3v) is 2.13. The molecule has 0 aliphatic rings. The fourth-order valence-corrected chi connectivity index (χ4v) is 1.59. The van der Waals surface area contributed by atoms with Gasteiger partial charge in [0.2, 0.25) is 0 Å². The van der Waals surface area contributed by atoms with Gasteiger partial charge >= 0.3 is 0 Å². The molecule has 1 N–H and O–H groups in total. The Morgan fingerprint density at radius 1 is 1.00 bits per heavy atom. The second-order valence-electron chi connectivity index (χ2n) is 2.70. The SMILES string of the molecule is [2H]c1c([2H])c([2H])c(-c2cc(O)cc(Br)c2)c([2H])c1[2H]. The third-order valence-electron chi connectivity index (χ3n) is 1.67. The van der Waals surface area contributed by atoms with Gasteiger partial charge in [0.25, 0.3) is 0 Å². The molecule has 0 aliphatic carbocycles. The molecular formula is C12H9BrO. The van der Waals surface area contributed by atoms with E-state index >= 15 is 0 Å². The lowest BCUT2D eigenvalue weighted by Crippen LogP contribution is -1.77. The predicted molar refractivity (Wildman–Crippen MR) is 61.2 cm³/mol. The van der Waals surface area contributed by atoms with E-state index in [4.69, 9.17) is 6.85 Å². The smallest absolute Gasteiger partial charge is 0.117 e. The first-order chi connectivity index (χ1) is 8.82. The Hall–Kier alpha value is -1.28. The molecule has 0 radical (unpaired) electrons. The van der Waals surface area contributed by atoms with E-state index in [0.29, 0.717) is 10.0 Å². The highest BCUT2D eigenvalue weighted by molar-refractivity contribution is 9.10. The maximum absolute atomic E-state index is 9.55. The Kier molecular flexibility index (Phi) is 1.37. The largest absolute Gasteiger partial charge is 0.508 e. The van der Waals surface area contributed by atoms with Crippen molar-refractivity contribution in [1.29, 1.82) is 0 Å². The molecule has 2 aromatic rings. The van der Waals surface area contributed by atoms with Gasteiger partial charge in [-0.2, -0.15) is 0 Å². The molecule has 0 saturated heterocycles. The van der Waals surface area contributed by atoms with Crippen LogP contribution in [0.25, 0.3) is 11.1 Å². The van der Waals surface area contributed by atoms with Gasteiger partial charge in [-0.15, -0.1) is 0 Å². The lowest BCUT2D eigenvalue weighted by molar-refractivity contribution is 0.475. The van der Waals surface area contributed by atoms with Gasteiger partial charge in [0, 0.05) is 4.47 Å². The summed E-state index contributed by atoms with van der Waals surface area (Å²) in [4.78, 5) is 0. The summed E-state index contributed by atoms with van der Waals surface area (Å²) < 4.78 is 39.0. The second kappa shape index (κ2) is 3.84. The van der Waals surface area contributed by atoms with Gasteiger partial charge in [0.05, 0.1) is 6.85 Å². The molecule has 0 heterocycles. The summed E-state index contributed by atoms with van der Waals surface area (Å²) in [6, 6.07) is 2.61. The van der Waals surface area contributed by atoms with Crippen molar-refractivity contribution in [1.82, 2.24) is 0 Å². The van der Waals surface area contributed by atoms with Crippen molar-refractivity contribution >= 4 is 15.9 Å². The maximum atomic E-state index is 9.55. The zero-order chi connectivity index (χ0) is 14.3. The zero-order valence-electron chi connectivity index (χ0n) is 12.1. The Morgan fingerprint density at radius 2 is 1.71 bits per heavy atom. The topological polar surface area (TPSA) is 20.2 Å².